The maximum absolute atomic E-state index is 9.35. The van der Waals surface area contributed by atoms with E-state index in [1.54, 1.807) is 0 Å². The summed E-state index contributed by atoms with van der Waals surface area (Å²) in [5.74, 6) is 0.0807. The lowest BCUT2D eigenvalue weighted by atomic mass is 9.82. The molecule has 1 atom stereocenters. The Morgan fingerprint density at radius 3 is 2.06 bits per heavy atom. The van der Waals surface area contributed by atoms with E-state index in [9.17, 15) is 5.11 Å². The van der Waals surface area contributed by atoms with E-state index in [1.165, 1.54) is 6.42 Å². The molecule has 1 saturated heterocycles. The van der Waals surface area contributed by atoms with Gasteiger partial charge in [-0.15, -0.1) is 0 Å². The Morgan fingerprint density at radius 2 is 1.69 bits per heavy atom. The van der Waals surface area contributed by atoms with Crippen LogP contribution in [0.1, 0.15) is 53.9 Å². The second kappa shape index (κ2) is 4.38. The Labute approximate surface area is 99.0 Å². The van der Waals surface area contributed by atoms with E-state index >= 15 is 0 Å². The summed E-state index contributed by atoms with van der Waals surface area (Å²) in [7, 11) is 0. The third-order valence-corrected chi connectivity index (χ3v) is 3.41. The molecule has 0 aromatic heterocycles. The SMILES string of the molecule is C=C(O)[C@@H](C)ON1C(C)(C)CCCC1(C)C. The molecule has 1 aliphatic rings. The maximum Gasteiger partial charge on any atom is 0.133 e. The molecule has 1 N–H and O–H groups in total. The highest BCUT2D eigenvalue weighted by atomic mass is 16.7. The summed E-state index contributed by atoms with van der Waals surface area (Å²) >= 11 is 0. The van der Waals surface area contributed by atoms with Gasteiger partial charge < -0.3 is 5.11 Å². The first-order valence-electron chi connectivity index (χ1n) is 6.02. The number of nitrogens with zero attached hydrogens (tertiary/aromatic N) is 1. The van der Waals surface area contributed by atoms with Gasteiger partial charge in [-0.1, -0.05) is 6.58 Å². The summed E-state index contributed by atoms with van der Waals surface area (Å²) < 4.78 is 0. The molecule has 0 aromatic carbocycles. The second-order valence-electron chi connectivity index (χ2n) is 6.01. The lowest BCUT2D eigenvalue weighted by Crippen LogP contribution is -2.59. The molecule has 1 heterocycles. The van der Waals surface area contributed by atoms with Crippen molar-refractivity contribution in [1.82, 2.24) is 5.06 Å². The number of piperidine rings is 1. The minimum absolute atomic E-state index is 0.00542. The van der Waals surface area contributed by atoms with Gasteiger partial charge in [0.2, 0.25) is 0 Å². The van der Waals surface area contributed by atoms with E-state index < -0.39 is 0 Å². The Balaban J connectivity index is 2.83. The lowest BCUT2D eigenvalue weighted by Gasteiger charge is -2.52. The van der Waals surface area contributed by atoms with E-state index in [2.05, 4.69) is 34.3 Å². The average molecular weight is 227 g/mol. The molecule has 0 bridgehead atoms. The highest BCUT2D eigenvalue weighted by Crippen LogP contribution is 2.38. The van der Waals surface area contributed by atoms with Crippen LogP contribution in [0.3, 0.4) is 0 Å². The molecule has 0 spiro atoms. The van der Waals surface area contributed by atoms with Gasteiger partial charge in [-0.05, 0) is 53.9 Å². The summed E-state index contributed by atoms with van der Waals surface area (Å²) in [5, 5.41) is 11.4. The zero-order valence-corrected chi connectivity index (χ0v) is 11.2. The molecule has 0 saturated carbocycles. The topological polar surface area (TPSA) is 32.7 Å². The number of rotatable bonds is 3. The number of aliphatic hydroxyl groups excluding tert-OH is 1. The average Bonchev–Trinajstić information content (AvgIpc) is 2.10. The van der Waals surface area contributed by atoms with Crippen LogP contribution in [0.5, 0.6) is 0 Å². The number of aliphatic hydroxyl groups is 1. The standard InChI is InChI=1S/C13H25NO2/c1-10(15)11(2)16-14-12(3,4)8-7-9-13(14,5)6/h11,15H,1,7-9H2,2-6H3/t11-/m1/s1. The van der Waals surface area contributed by atoms with Gasteiger partial charge in [-0.3, -0.25) is 4.84 Å². The number of hydrogen-bond donors (Lipinski definition) is 1. The van der Waals surface area contributed by atoms with Crippen molar-refractivity contribution in [2.75, 3.05) is 0 Å². The fraction of sp³-hybridized carbons (Fsp3) is 0.846. The zero-order chi connectivity index (χ0) is 12.6. The quantitative estimate of drug-likeness (QED) is 0.750. The Kier molecular flexibility index (Phi) is 3.70. The molecule has 3 heteroatoms. The van der Waals surface area contributed by atoms with E-state index in [0.29, 0.717) is 0 Å². The van der Waals surface area contributed by atoms with Crippen molar-refractivity contribution in [2.45, 2.75) is 71.1 Å². The molecule has 1 fully saturated rings. The molecule has 94 valence electrons. The predicted molar refractivity (Wildman–Crippen MR) is 66.2 cm³/mol. The molecular formula is C13H25NO2. The molecular weight excluding hydrogens is 202 g/mol. The van der Waals surface area contributed by atoms with Gasteiger partial charge in [-0.2, -0.15) is 5.06 Å². The molecule has 0 aliphatic carbocycles. The normalized spacial score (nSPS) is 26.3. The molecule has 16 heavy (non-hydrogen) atoms. The van der Waals surface area contributed by atoms with Crippen molar-refractivity contribution >= 4 is 0 Å². The molecule has 3 nitrogen and oxygen atoms in total. The van der Waals surface area contributed by atoms with Crippen LogP contribution in [0.4, 0.5) is 0 Å². The van der Waals surface area contributed by atoms with Crippen LogP contribution in [0, 0.1) is 0 Å². The van der Waals surface area contributed by atoms with Gasteiger partial charge in [0, 0.05) is 11.1 Å². The van der Waals surface area contributed by atoms with Crippen molar-refractivity contribution in [3.05, 3.63) is 12.3 Å². The van der Waals surface area contributed by atoms with Crippen molar-refractivity contribution in [1.29, 1.82) is 0 Å². The fourth-order valence-electron chi connectivity index (χ4n) is 2.48. The van der Waals surface area contributed by atoms with Gasteiger partial charge in [0.1, 0.15) is 11.9 Å². The second-order valence-corrected chi connectivity index (χ2v) is 6.01. The van der Waals surface area contributed by atoms with Crippen LogP contribution in [0.2, 0.25) is 0 Å². The third kappa shape index (κ3) is 2.77. The van der Waals surface area contributed by atoms with Crippen LogP contribution >= 0.6 is 0 Å². The summed E-state index contributed by atoms with van der Waals surface area (Å²) in [5.41, 5.74) is 0.0108. The van der Waals surface area contributed by atoms with Crippen molar-refractivity contribution in [3.8, 4) is 0 Å². The summed E-state index contributed by atoms with van der Waals surface area (Å²) in [4.78, 5) is 5.87. The molecule has 0 amide bonds. The van der Waals surface area contributed by atoms with Gasteiger partial charge >= 0.3 is 0 Å². The first-order chi connectivity index (χ1) is 7.17. The summed E-state index contributed by atoms with van der Waals surface area (Å²) in [6, 6.07) is 0. The molecule has 1 aliphatic heterocycles. The highest BCUT2D eigenvalue weighted by Gasteiger charge is 2.43. The van der Waals surface area contributed by atoms with Gasteiger partial charge in [0.25, 0.3) is 0 Å². The molecule has 0 unspecified atom stereocenters. The van der Waals surface area contributed by atoms with Gasteiger partial charge in [0.15, 0.2) is 0 Å². The Morgan fingerprint density at radius 1 is 1.25 bits per heavy atom. The van der Waals surface area contributed by atoms with Crippen LogP contribution in [0.15, 0.2) is 12.3 Å². The van der Waals surface area contributed by atoms with E-state index in [4.69, 9.17) is 4.84 Å². The van der Waals surface area contributed by atoms with E-state index in [0.717, 1.165) is 12.8 Å². The first-order valence-corrected chi connectivity index (χ1v) is 6.02. The van der Waals surface area contributed by atoms with Crippen molar-refractivity contribution in [3.63, 3.8) is 0 Å². The summed E-state index contributed by atoms with van der Waals surface area (Å²) in [6.07, 6.45) is 3.09. The minimum atomic E-state index is -0.350. The van der Waals surface area contributed by atoms with Crippen LogP contribution < -0.4 is 0 Å². The van der Waals surface area contributed by atoms with Crippen LogP contribution in [-0.2, 0) is 4.84 Å². The van der Waals surface area contributed by atoms with Crippen molar-refractivity contribution < 1.29 is 9.94 Å². The largest absolute Gasteiger partial charge is 0.510 e. The Bertz CT molecular complexity index is 255. The van der Waals surface area contributed by atoms with E-state index in [1.807, 2.05) is 12.0 Å². The monoisotopic (exact) mass is 227 g/mol. The van der Waals surface area contributed by atoms with Gasteiger partial charge in [-0.25, -0.2) is 0 Å². The third-order valence-electron chi connectivity index (χ3n) is 3.41. The lowest BCUT2D eigenvalue weighted by molar-refractivity contribution is -0.298. The van der Waals surface area contributed by atoms with Crippen LogP contribution in [0.25, 0.3) is 0 Å². The van der Waals surface area contributed by atoms with Gasteiger partial charge in [0.05, 0.1) is 0 Å². The number of hydrogen-bond acceptors (Lipinski definition) is 3. The zero-order valence-electron chi connectivity index (χ0n) is 11.2. The fourth-order valence-corrected chi connectivity index (χ4v) is 2.48. The molecule has 1 rings (SSSR count). The van der Waals surface area contributed by atoms with Crippen molar-refractivity contribution in [2.24, 2.45) is 0 Å². The highest BCUT2D eigenvalue weighted by molar-refractivity contribution is 4.95. The Hall–Kier alpha value is -0.540. The smallest absolute Gasteiger partial charge is 0.133 e. The first kappa shape index (κ1) is 13.5. The predicted octanol–water partition coefficient (Wildman–Crippen LogP) is 3.42. The molecule has 0 radical (unpaired) electrons. The van der Waals surface area contributed by atoms with E-state index in [-0.39, 0.29) is 22.9 Å². The summed E-state index contributed by atoms with van der Waals surface area (Å²) in [6.45, 7) is 14.1. The van der Waals surface area contributed by atoms with Crippen LogP contribution in [-0.4, -0.2) is 27.4 Å². The molecule has 0 aromatic rings. The maximum atomic E-state index is 9.35. The number of hydroxylamine groups is 2. The minimum Gasteiger partial charge on any atom is -0.510 e.